The Hall–Kier alpha value is -3.16. The third kappa shape index (κ3) is 6.00. The van der Waals surface area contributed by atoms with Crippen LogP contribution in [0.25, 0.3) is 6.08 Å². The Morgan fingerprint density at radius 1 is 0.870 bits per heavy atom. The summed E-state index contributed by atoms with van der Waals surface area (Å²) in [4.78, 5) is 44.1. The lowest BCUT2D eigenvalue weighted by atomic mass is 10.1. The fourth-order valence-electron chi connectivity index (χ4n) is 1.60. The van der Waals surface area contributed by atoms with Gasteiger partial charge in [-0.15, -0.1) is 0 Å². The lowest BCUT2D eigenvalue weighted by Crippen LogP contribution is -2.09. The van der Waals surface area contributed by atoms with Gasteiger partial charge in [0, 0.05) is 39.0 Å². The second kappa shape index (κ2) is 7.74. The van der Waals surface area contributed by atoms with Crippen molar-refractivity contribution in [2.45, 2.75) is 20.8 Å². The molecular weight excluding hydrogens is 308 g/mol. The van der Waals surface area contributed by atoms with E-state index in [2.05, 4.69) is 0 Å². The van der Waals surface area contributed by atoms with E-state index < -0.39 is 23.9 Å². The molecule has 0 atom stereocenters. The maximum Gasteiger partial charge on any atom is 0.328 e. The number of carbonyl (C=O) groups excluding carboxylic acids is 3. The summed E-state index contributed by atoms with van der Waals surface area (Å²) >= 11 is 0. The predicted molar refractivity (Wildman–Crippen MR) is 77.0 cm³/mol. The van der Waals surface area contributed by atoms with Gasteiger partial charge >= 0.3 is 23.9 Å². The molecular formula is C15H14O8. The molecule has 0 saturated heterocycles. The molecule has 1 N–H and O–H groups in total. The second-order valence-electron chi connectivity index (χ2n) is 4.29. The van der Waals surface area contributed by atoms with Gasteiger partial charge in [-0.2, -0.15) is 0 Å². The smallest absolute Gasteiger partial charge is 0.328 e. The molecule has 1 aromatic carbocycles. The molecule has 0 radical (unpaired) electrons. The minimum atomic E-state index is -1.25. The molecule has 0 heterocycles. The van der Waals surface area contributed by atoms with E-state index in [1.165, 1.54) is 12.1 Å². The zero-order valence-electron chi connectivity index (χ0n) is 12.6. The summed E-state index contributed by atoms with van der Waals surface area (Å²) in [5.41, 5.74) is 0.0358. The number of benzene rings is 1. The molecule has 8 nitrogen and oxygen atoms in total. The van der Waals surface area contributed by atoms with Crippen molar-refractivity contribution in [1.82, 2.24) is 0 Å². The van der Waals surface area contributed by atoms with Gasteiger partial charge in [0.05, 0.1) is 5.56 Å². The maximum atomic E-state index is 11.2. The summed E-state index contributed by atoms with van der Waals surface area (Å²) in [6.07, 6.45) is 1.87. The van der Waals surface area contributed by atoms with E-state index in [4.69, 9.17) is 19.3 Å². The van der Waals surface area contributed by atoms with E-state index in [0.717, 1.165) is 32.9 Å². The molecule has 0 aromatic heterocycles. The highest BCUT2D eigenvalue weighted by Gasteiger charge is 2.16. The lowest BCUT2D eigenvalue weighted by molar-refractivity contribution is -0.132. The Balaban J connectivity index is 3.50. The Kier molecular flexibility index (Phi) is 6.02. The number of aliphatic carboxylic acids is 1. The zero-order valence-corrected chi connectivity index (χ0v) is 12.6. The van der Waals surface area contributed by atoms with Crippen LogP contribution in [0, 0.1) is 0 Å². The van der Waals surface area contributed by atoms with Crippen LogP contribution in [0.2, 0.25) is 0 Å². The van der Waals surface area contributed by atoms with E-state index >= 15 is 0 Å². The Morgan fingerprint density at radius 3 is 1.65 bits per heavy atom. The highest BCUT2D eigenvalue weighted by molar-refractivity contribution is 5.88. The fraction of sp³-hybridized carbons (Fsp3) is 0.200. The molecule has 0 aliphatic carbocycles. The average Bonchev–Trinajstić information content (AvgIpc) is 2.34. The first-order valence-corrected chi connectivity index (χ1v) is 6.33. The Morgan fingerprint density at radius 2 is 1.30 bits per heavy atom. The molecule has 0 spiro atoms. The highest BCUT2D eigenvalue weighted by Crippen LogP contribution is 2.36. The minimum Gasteiger partial charge on any atom is -0.478 e. The van der Waals surface area contributed by atoms with Gasteiger partial charge in [-0.25, -0.2) is 4.79 Å². The van der Waals surface area contributed by atoms with Gasteiger partial charge in [0.25, 0.3) is 0 Å². The monoisotopic (exact) mass is 322 g/mol. The van der Waals surface area contributed by atoms with E-state index in [0.29, 0.717) is 0 Å². The van der Waals surface area contributed by atoms with Crippen molar-refractivity contribution in [1.29, 1.82) is 0 Å². The van der Waals surface area contributed by atoms with Gasteiger partial charge < -0.3 is 19.3 Å². The van der Waals surface area contributed by atoms with Crippen molar-refractivity contribution in [3.05, 3.63) is 23.8 Å². The molecule has 0 aliphatic heterocycles. The van der Waals surface area contributed by atoms with E-state index in [-0.39, 0.29) is 22.8 Å². The molecule has 0 aliphatic rings. The fourth-order valence-corrected chi connectivity index (χ4v) is 1.60. The van der Waals surface area contributed by atoms with Gasteiger partial charge in [-0.3, -0.25) is 14.4 Å². The van der Waals surface area contributed by atoms with Crippen LogP contribution >= 0.6 is 0 Å². The largest absolute Gasteiger partial charge is 0.478 e. The van der Waals surface area contributed by atoms with Crippen LogP contribution in [0.1, 0.15) is 26.3 Å². The van der Waals surface area contributed by atoms with E-state index in [9.17, 15) is 19.2 Å². The topological polar surface area (TPSA) is 116 Å². The summed E-state index contributed by atoms with van der Waals surface area (Å²) in [7, 11) is 0. The summed E-state index contributed by atoms with van der Waals surface area (Å²) in [5.74, 6) is -3.54. The maximum absolute atomic E-state index is 11.2. The Bertz CT molecular complexity index is 650. The van der Waals surface area contributed by atoms with Crippen molar-refractivity contribution in [3.63, 3.8) is 0 Å². The van der Waals surface area contributed by atoms with Gasteiger partial charge in [0.1, 0.15) is 17.2 Å². The number of carbonyl (C=O) groups is 4. The lowest BCUT2D eigenvalue weighted by Gasteiger charge is -2.13. The SMILES string of the molecule is CC(=O)Oc1cc(OC(C)=O)c(/C=C/C(=O)O)c(OC(C)=O)c1. The number of carboxylic acid groups (broad SMARTS) is 1. The first-order valence-electron chi connectivity index (χ1n) is 6.33. The highest BCUT2D eigenvalue weighted by atomic mass is 16.6. The summed E-state index contributed by atoms with van der Waals surface area (Å²) in [6, 6.07) is 2.41. The summed E-state index contributed by atoms with van der Waals surface area (Å²) < 4.78 is 14.8. The number of carboxylic acids is 1. The normalized spacial score (nSPS) is 10.2. The molecule has 0 unspecified atom stereocenters. The summed E-state index contributed by atoms with van der Waals surface area (Å²) in [5, 5.41) is 8.72. The third-order valence-corrected chi connectivity index (χ3v) is 2.24. The first-order chi connectivity index (χ1) is 10.7. The van der Waals surface area contributed by atoms with E-state index in [1.54, 1.807) is 0 Å². The van der Waals surface area contributed by atoms with Crippen LogP contribution < -0.4 is 14.2 Å². The molecule has 0 saturated carbocycles. The quantitative estimate of drug-likeness (QED) is 0.493. The van der Waals surface area contributed by atoms with E-state index in [1.807, 2.05) is 0 Å². The molecule has 0 amide bonds. The number of esters is 3. The van der Waals surface area contributed by atoms with Crippen molar-refractivity contribution < 1.29 is 38.5 Å². The predicted octanol–water partition coefficient (Wildman–Crippen LogP) is 1.56. The molecule has 1 rings (SSSR count). The second-order valence-corrected chi connectivity index (χ2v) is 4.29. The van der Waals surface area contributed by atoms with Gasteiger partial charge in [-0.1, -0.05) is 0 Å². The standard InChI is InChI=1S/C15H14O8/c1-8(16)21-11-6-13(22-9(2)17)12(4-5-15(19)20)14(7-11)23-10(3)18/h4-7H,1-3H3,(H,19,20)/b5-4+. The van der Waals surface area contributed by atoms with Crippen LogP contribution in [0.4, 0.5) is 0 Å². The molecule has 8 heteroatoms. The van der Waals surface area contributed by atoms with Crippen molar-refractivity contribution in [3.8, 4) is 17.2 Å². The van der Waals surface area contributed by atoms with Gasteiger partial charge in [0.2, 0.25) is 0 Å². The minimum absolute atomic E-state index is 0.0301. The molecule has 0 fully saturated rings. The molecule has 0 bridgehead atoms. The van der Waals surface area contributed by atoms with Crippen molar-refractivity contribution >= 4 is 30.0 Å². The van der Waals surface area contributed by atoms with Crippen molar-refractivity contribution in [2.75, 3.05) is 0 Å². The van der Waals surface area contributed by atoms with Crippen LogP contribution in [-0.2, 0) is 19.2 Å². The number of hydrogen-bond donors (Lipinski definition) is 1. The van der Waals surface area contributed by atoms with Crippen LogP contribution in [0.3, 0.4) is 0 Å². The average molecular weight is 322 g/mol. The van der Waals surface area contributed by atoms with Gasteiger partial charge in [-0.05, 0) is 6.08 Å². The zero-order chi connectivity index (χ0) is 17.6. The molecule has 23 heavy (non-hydrogen) atoms. The van der Waals surface area contributed by atoms with Crippen molar-refractivity contribution in [2.24, 2.45) is 0 Å². The number of hydrogen-bond acceptors (Lipinski definition) is 7. The van der Waals surface area contributed by atoms with Crippen LogP contribution in [-0.4, -0.2) is 29.0 Å². The van der Waals surface area contributed by atoms with Gasteiger partial charge in [0.15, 0.2) is 0 Å². The molecule has 122 valence electrons. The summed E-state index contributed by atoms with van der Waals surface area (Å²) in [6.45, 7) is 3.43. The number of ether oxygens (including phenoxy) is 3. The first kappa shape index (κ1) is 17.9. The Labute approximate surface area is 131 Å². The van der Waals surface area contributed by atoms with Crippen LogP contribution in [0.15, 0.2) is 18.2 Å². The number of rotatable bonds is 5. The molecule has 1 aromatic rings. The van der Waals surface area contributed by atoms with Crippen LogP contribution in [0.5, 0.6) is 17.2 Å². The third-order valence-electron chi connectivity index (χ3n) is 2.24.